The molecule has 2 aliphatic carbocycles. The maximum absolute atomic E-state index is 12.3. The van der Waals surface area contributed by atoms with E-state index in [1.807, 2.05) is 11.9 Å². The van der Waals surface area contributed by atoms with Crippen molar-refractivity contribution in [1.29, 1.82) is 0 Å². The van der Waals surface area contributed by atoms with E-state index in [0.29, 0.717) is 12.5 Å². The minimum absolute atomic E-state index is 0.310. The van der Waals surface area contributed by atoms with Crippen LogP contribution >= 0.6 is 0 Å². The van der Waals surface area contributed by atoms with Gasteiger partial charge < -0.3 is 10.2 Å². The molecule has 0 aromatic rings. The molecule has 4 nitrogen and oxygen atoms in total. The normalized spacial score (nSPS) is 34.7. The predicted molar refractivity (Wildman–Crippen MR) is 75.9 cm³/mol. The van der Waals surface area contributed by atoms with Gasteiger partial charge in [0.1, 0.15) is 0 Å². The lowest BCUT2D eigenvalue weighted by Crippen LogP contribution is -2.48. The number of likely N-dealkylation sites (N-methyl/N-ethyl adjacent to an activating group) is 1. The maximum Gasteiger partial charge on any atom is 0.236 e. The van der Waals surface area contributed by atoms with Crippen LogP contribution in [0.1, 0.15) is 25.7 Å². The average molecular weight is 265 g/mol. The van der Waals surface area contributed by atoms with Crippen LogP contribution in [0.15, 0.2) is 0 Å². The zero-order valence-corrected chi connectivity index (χ0v) is 12.1. The van der Waals surface area contributed by atoms with Crippen molar-refractivity contribution in [2.24, 2.45) is 17.8 Å². The SMILES string of the molecule is CN(CC1CC2CCC1C2)C(=O)CN1CCNCC1. The monoisotopic (exact) mass is 265 g/mol. The number of nitrogens with zero attached hydrogens (tertiary/aromatic N) is 2. The first-order chi connectivity index (χ1) is 9.22. The highest BCUT2D eigenvalue weighted by Gasteiger charge is 2.40. The van der Waals surface area contributed by atoms with Crippen LogP contribution in [-0.4, -0.2) is 62.0 Å². The van der Waals surface area contributed by atoms with E-state index in [-0.39, 0.29) is 0 Å². The summed E-state index contributed by atoms with van der Waals surface area (Å²) < 4.78 is 0. The van der Waals surface area contributed by atoms with E-state index in [2.05, 4.69) is 10.2 Å². The van der Waals surface area contributed by atoms with Crippen LogP contribution in [0, 0.1) is 17.8 Å². The first-order valence-corrected chi connectivity index (χ1v) is 7.89. The van der Waals surface area contributed by atoms with E-state index in [1.54, 1.807) is 0 Å². The number of rotatable bonds is 4. The minimum Gasteiger partial charge on any atom is -0.344 e. The van der Waals surface area contributed by atoms with Gasteiger partial charge in [0.25, 0.3) is 0 Å². The van der Waals surface area contributed by atoms with Crippen LogP contribution in [0.2, 0.25) is 0 Å². The van der Waals surface area contributed by atoms with Crippen LogP contribution in [-0.2, 0) is 4.79 Å². The molecule has 4 heteroatoms. The summed E-state index contributed by atoms with van der Waals surface area (Å²) in [5, 5.41) is 3.33. The largest absolute Gasteiger partial charge is 0.344 e. The first-order valence-electron chi connectivity index (χ1n) is 7.89. The van der Waals surface area contributed by atoms with Crippen LogP contribution < -0.4 is 5.32 Å². The van der Waals surface area contributed by atoms with Gasteiger partial charge in [0.05, 0.1) is 6.54 Å². The van der Waals surface area contributed by atoms with Gasteiger partial charge in [-0.1, -0.05) is 6.42 Å². The number of nitrogens with one attached hydrogen (secondary N) is 1. The maximum atomic E-state index is 12.3. The number of hydrogen-bond donors (Lipinski definition) is 1. The minimum atomic E-state index is 0.310. The Morgan fingerprint density at radius 2 is 2.05 bits per heavy atom. The average Bonchev–Trinajstić information content (AvgIpc) is 3.02. The fourth-order valence-electron chi connectivity index (χ4n) is 4.23. The molecule has 3 atom stereocenters. The number of amides is 1. The lowest BCUT2D eigenvalue weighted by Gasteiger charge is -2.31. The van der Waals surface area contributed by atoms with E-state index >= 15 is 0 Å². The molecular formula is C15H27N3O. The number of carbonyl (C=O) groups is 1. The van der Waals surface area contributed by atoms with Gasteiger partial charge in [0.2, 0.25) is 5.91 Å². The number of hydrogen-bond acceptors (Lipinski definition) is 3. The second kappa shape index (κ2) is 5.80. The van der Waals surface area contributed by atoms with Gasteiger partial charge in [-0.25, -0.2) is 0 Å². The summed E-state index contributed by atoms with van der Waals surface area (Å²) >= 11 is 0. The predicted octanol–water partition coefficient (Wildman–Crippen LogP) is 0.786. The molecule has 2 bridgehead atoms. The van der Waals surface area contributed by atoms with Crippen LogP contribution in [0.5, 0.6) is 0 Å². The number of fused-ring (bicyclic) bond motifs is 2. The molecule has 108 valence electrons. The van der Waals surface area contributed by atoms with Gasteiger partial charge in [-0.2, -0.15) is 0 Å². The Kier molecular flexibility index (Phi) is 4.08. The van der Waals surface area contributed by atoms with Crippen molar-refractivity contribution >= 4 is 5.91 Å². The molecule has 3 rings (SSSR count). The summed E-state index contributed by atoms with van der Waals surface area (Å²) in [5.74, 6) is 2.99. The topological polar surface area (TPSA) is 35.6 Å². The Morgan fingerprint density at radius 1 is 1.26 bits per heavy atom. The summed E-state index contributed by atoms with van der Waals surface area (Å²) in [5.41, 5.74) is 0. The van der Waals surface area contributed by atoms with E-state index < -0.39 is 0 Å². The van der Waals surface area contributed by atoms with Crippen LogP contribution in [0.3, 0.4) is 0 Å². The molecule has 19 heavy (non-hydrogen) atoms. The summed E-state index contributed by atoms with van der Waals surface area (Å²) in [4.78, 5) is 16.5. The lowest BCUT2D eigenvalue weighted by atomic mass is 9.88. The van der Waals surface area contributed by atoms with Gasteiger partial charge >= 0.3 is 0 Å². The van der Waals surface area contributed by atoms with Crippen molar-refractivity contribution in [1.82, 2.24) is 15.1 Å². The van der Waals surface area contributed by atoms with Gasteiger partial charge in [-0.05, 0) is 37.0 Å². The number of carbonyl (C=O) groups excluding carboxylic acids is 1. The molecule has 2 saturated carbocycles. The molecule has 1 amide bonds. The first kappa shape index (κ1) is 13.4. The molecular weight excluding hydrogens is 238 g/mol. The Bertz CT molecular complexity index is 327. The van der Waals surface area contributed by atoms with Gasteiger partial charge in [-0.3, -0.25) is 9.69 Å². The summed E-state index contributed by atoms with van der Waals surface area (Å²) in [6, 6.07) is 0. The summed E-state index contributed by atoms with van der Waals surface area (Å²) in [6.45, 7) is 5.65. The van der Waals surface area contributed by atoms with Crippen molar-refractivity contribution in [3.05, 3.63) is 0 Å². The fourth-order valence-corrected chi connectivity index (χ4v) is 4.23. The Morgan fingerprint density at radius 3 is 2.68 bits per heavy atom. The smallest absolute Gasteiger partial charge is 0.236 e. The number of piperazine rings is 1. The van der Waals surface area contributed by atoms with E-state index in [1.165, 1.54) is 25.7 Å². The standard InChI is InChI=1S/C15H27N3O/c1-17(10-14-9-12-2-3-13(14)8-12)15(19)11-18-6-4-16-5-7-18/h12-14,16H,2-11H2,1H3. The molecule has 0 spiro atoms. The quantitative estimate of drug-likeness (QED) is 0.816. The van der Waals surface area contributed by atoms with Crippen LogP contribution in [0.25, 0.3) is 0 Å². The molecule has 1 saturated heterocycles. The third kappa shape index (κ3) is 3.11. The molecule has 1 heterocycles. The van der Waals surface area contributed by atoms with E-state index in [0.717, 1.165) is 50.5 Å². The zero-order valence-electron chi connectivity index (χ0n) is 12.1. The molecule has 3 fully saturated rings. The third-order valence-electron chi connectivity index (χ3n) is 5.39. The highest BCUT2D eigenvalue weighted by Crippen LogP contribution is 2.48. The Hall–Kier alpha value is -0.610. The summed E-state index contributed by atoms with van der Waals surface area (Å²) in [7, 11) is 2.00. The van der Waals surface area contributed by atoms with Crippen molar-refractivity contribution in [3.63, 3.8) is 0 Å². The van der Waals surface area contributed by atoms with Crippen molar-refractivity contribution in [2.75, 3.05) is 46.3 Å². The Balaban J connectivity index is 1.44. The molecule has 3 aliphatic rings. The molecule has 0 radical (unpaired) electrons. The molecule has 1 aliphatic heterocycles. The fraction of sp³-hybridized carbons (Fsp3) is 0.933. The van der Waals surface area contributed by atoms with Gasteiger partial charge in [0.15, 0.2) is 0 Å². The van der Waals surface area contributed by atoms with E-state index in [4.69, 9.17) is 0 Å². The van der Waals surface area contributed by atoms with Crippen molar-refractivity contribution in [2.45, 2.75) is 25.7 Å². The second-order valence-electron chi connectivity index (χ2n) is 6.74. The highest BCUT2D eigenvalue weighted by molar-refractivity contribution is 5.78. The molecule has 0 aromatic carbocycles. The molecule has 0 aromatic heterocycles. The third-order valence-corrected chi connectivity index (χ3v) is 5.39. The molecule has 3 unspecified atom stereocenters. The lowest BCUT2D eigenvalue weighted by molar-refractivity contribution is -0.132. The second-order valence-corrected chi connectivity index (χ2v) is 6.74. The zero-order chi connectivity index (χ0) is 13.2. The highest BCUT2D eigenvalue weighted by atomic mass is 16.2. The summed E-state index contributed by atoms with van der Waals surface area (Å²) in [6.07, 6.45) is 5.66. The van der Waals surface area contributed by atoms with E-state index in [9.17, 15) is 4.79 Å². The molecule has 1 N–H and O–H groups in total. The Labute approximate surface area is 116 Å². The van der Waals surface area contributed by atoms with Crippen molar-refractivity contribution in [3.8, 4) is 0 Å². The van der Waals surface area contributed by atoms with Gasteiger partial charge in [-0.15, -0.1) is 0 Å². The van der Waals surface area contributed by atoms with Crippen LogP contribution in [0.4, 0.5) is 0 Å². The van der Waals surface area contributed by atoms with Crippen molar-refractivity contribution < 1.29 is 4.79 Å². The van der Waals surface area contributed by atoms with Gasteiger partial charge in [0, 0.05) is 39.8 Å².